The van der Waals surface area contributed by atoms with Crippen molar-refractivity contribution in [2.75, 3.05) is 26.3 Å². The van der Waals surface area contributed by atoms with Crippen molar-refractivity contribution < 1.29 is 4.74 Å². The molecule has 0 aromatic carbocycles. The van der Waals surface area contributed by atoms with E-state index in [1.54, 1.807) is 5.92 Å². The Bertz CT molecular complexity index is 126. The Hall–Kier alpha value is -0.0800. The van der Waals surface area contributed by atoms with Gasteiger partial charge in [0.1, 0.15) is 0 Å². The molecule has 0 unspecified atom stereocenters. The summed E-state index contributed by atoms with van der Waals surface area (Å²) in [5.41, 5.74) is 0. The van der Waals surface area contributed by atoms with Gasteiger partial charge in [0.2, 0.25) is 0 Å². The average Bonchev–Trinajstić information content (AvgIpc) is 1.90. The first-order valence-electron chi connectivity index (χ1n) is 4.49. The van der Waals surface area contributed by atoms with E-state index in [1.165, 1.54) is 25.9 Å². The number of ether oxygens (including phenoxy) is 1. The second-order valence-electron chi connectivity index (χ2n) is 3.68. The summed E-state index contributed by atoms with van der Waals surface area (Å²) in [6.45, 7) is 6.74. The van der Waals surface area contributed by atoms with Gasteiger partial charge in [-0.1, -0.05) is 6.92 Å². The maximum atomic E-state index is 5.17. The Morgan fingerprint density at radius 2 is 1.91 bits per heavy atom. The number of rotatable bonds is 1. The van der Waals surface area contributed by atoms with Crippen molar-refractivity contribution in [3.63, 3.8) is 0 Å². The van der Waals surface area contributed by atoms with E-state index < -0.39 is 0 Å². The number of nitrogens with zero attached hydrogens (tertiary/aromatic N) is 1. The topological polar surface area (TPSA) is 12.5 Å². The van der Waals surface area contributed by atoms with Gasteiger partial charge < -0.3 is 4.74 Å². The molecular formula is C9H16NO. The van der Waals surface area contributed by atoms with E-state index >= 15 is 0 Å². The van der Waals surface area contributed by atoms with Gasteiger partial charge in [0.25, 0.3) is 0 Å². The molecule has 2 fully saturated rings. The molecule has 63 valence electrons. The van der Waals surface area contributed by atoms with E-state index in [0.717, 1.165) is 19.3 Å². The fourth-order valence-corrected chi connectivity index (χ4v) is 1.70. The molecule has 0 saturated carbocycles. The van der Waals surface area contributed by atoms with E-state index in [0.29, 0.717) is 0 Å². The molecule has 0 spiro atoms. The van der Waals surface area contributed by atoms with Crippen molar-refractivity contribution in [1.82, 2.24) is 4.90 Å². The van der Waals surface area contributed by atoms with Crippen LogP contribution in [-0.2, 0) is 4.74 Å². The van der Waals surface area contributed by atoms with Gasteiger partial charge in [0, 0.05) is 0 Å². The first-order valence-corrected chi connectivity index (χ1v) is 4.49. The van der Waals surface area contributed by atoms with Crippen LogP contribution in [0.25, 0.3) is 0 Å². The van der Waals surface area contributed by atoms with Crippen LogP contribution in [0.2, 0.25) is 0 Å². The Kier molecular flexibility index (Phi) is 2.14. The number of piperidine rings is 1. The number of likely N-dealkylation sites (tertiary alicyclic amines) is 1. The van der Waals surface area contributed by atoms with Crippen LogP contribution in [0.5, 0.6) is 0 Å². The van der Waals surface area contributed by atoms with Gasteiger partial charge in [-0.2, -0.15) is 0 Å². The summed E-state index contributed by atoms with van der Waals surface area (Å²) in [5, 5.41) is 0. The van der Waals surface area contributed by atoms with Crippen LogP contribution in [0.4, 0.5) is 0 Å². The summed E-state index contributed by atoms with van der Waals surface area (Å²) < 4.78 is 5.17. The Morgan fingerprint density at radius 3 is 2.36 bits per heavy atom. The molecule has 1 radical (unpaired) electrons. The molecule has 0 aromatic heterocycles. The second kappa shape index (κ2) is 3.11. The molecular weight excluding hydrogens is 138 g/mol. The van der Waals surface area contributed by atoms with Crippen LogP contribution in [0, 0.1) is 5.92 Å². The van der Waals surface area contributed by atoms with Gasteiger partial charge in [-0.25, -0.2) is 0 Å². The predicted octanol–water partition coefficient (Wildman–Crippen LogP) is 1.08. The Labute approximate surface area is 68.5 Å². The monoisotopic (exact) mass is 154 g/mol. The third-order valence-corrected chi connectivity index (χ3v) is 2.79. The maximum absolute atomic E-state index is 5.17. The highest BCUT2D eigenvalue weighted by Gasteiger charge is 2.28. The molecule has 2 rings (SSSR count). The third-order valence-electron chi connectivity index (χ3n) is 2.79. The van der Waals surface area contributed by atoms with Crippen molar-refractivity contribution in [3.05, 3.63) is 5.92 Å². The van der Waals surface area contributed by atoms with Gasteiger partial charge in [-0.3, -0.25) is 4.90 Å². The molecule has 2 aliphatic heterocycles. The molecule has 0 aliphatic carbocycles. The van der Waals surface area contributed by atoms with Crippen molar-refractivity contribution >= 4 is 0 Å². The van der Waals surface area contributed by atoms with E-state index in [1.807, 2.05) is 0 Å². The molecule has 0 aromatic rings. The van der Waals surface area contributed by atoms with Crippen molar-refractivity contribution in [2.45, 2.75) is 25.8 Å². The van der Waals surface area contributed by atoms with Gasteiger partial charge in [-0.05, 0) is 31.8 Å². The van der Waals surface area contributed by atoms with Gasteiger partial charge in [0.05, 0.1) is 19.3 Å². The smallest absolute Gasteiger partial charge is 0.0645 e. The lowest BCUT2D eigenvalue weighted by Gasteiger charge is -2.40. The molecule has 0 N–H and O–H groups in total. The molecule has 0 bridgehead atoms. The highest BCUT2D eigenvalue weighted by Crippen LogP contribution is 2.22. The molecule has 2 nitrogen and oxygen atoms in total. The quantitative estimate of drug-likeness (QED) is 0.560. The SMILES string of the molecule is C[C]1CCN(C2COC2)CC1. The summed E-state index contributed by atoms with van der Waals surface area (Å²) in [5.74, 6) is 1.67. The van der Waals surface area contributed by atoms with E-state index in [9.17, 15) is 0 Å². The maximum Gasteiger partial charge on any atom is 0.0645 e. The molecule has 2 aliphatic rings. The van der Waals surface area contributed by atoms with Gasteiger partial charge in [0.15, 0.2) is 0 Å². The van der Waals surface area contributed by atoms with Crippen molar-refractivity contribution in [2.24, 2.45) is 0 Å². The molecule has 2 saturated heterocycles. The van der Waals surface area contributed by atoms with Gasteiger partial charge in [-0.15, -0.1) is 0 Å². The Balaban J connectivity index is 1.77. The zero-order chi connectivity index (χ0) is 7.68. The summed E-state index contributed by atoms with van der Waals surface area (Å²) in [6.07, 6.45) is 2.60. The summed E-state index contributed by atoms with van der Waals surface area (Å²) in [6, 6.07) is 0.753. The summed E-state index contributed by atoms with van der Waals surface area (Å²) in [7, 11) is 0. The standard InChI is InChI=1S/C9H16NO/c1-8-2-4-10(5-3-8)9-6-11-7-9/h9H,2-7H2,1H3. The zero-order valence-electron chi connectivity index (χ0n) is 7.18. The Morgan fingerprint density at radius 1 is 1.27 bits per heavy atom. The number of hydrogen-bond donors (Lipinski definition) is 0. The van der Waals surface area contributed by atoms with E-state index in [4.69, 9.17) is 4.74 Å². The second-order valence-corrected chi connectivity index (χ2v) is 3.68. The minimum absolute atomic E-state index is 0.753. The summed E-state index contributed by atoms with van der Waals surface area (Å²) >= 11 is 0. The first-order chi connectivity index (χ1) is 5.36. The van der Waals surface area contributed by atoms with Crippen LogP contribution in [-0.4, -0.2) is 37.2 Å². The zero-order valence-corrected chi connectivity index (χ0v) is 7.18. The van der Waals surface area contributed by atoms with Crippen LogP contribution < -0.4 is 0 Å². The normalized spacial score (nSPS) is 30.3. The lowest BCUT2D eigenvalue weighted by atomic mass is 9.97. The lowest BCUT2D eigenvalue weighted by molar-refractivity contribution is -0.0683. The minimum Gasteiger partial charge on any atom is -0.378 e. The van der Waals surface area contributed by atoms with E-state index in [2.05, 4.69) is 11.8 Å². The largest absolute Gasteiger partial charge is 0.378 e. The third kappa shape index (κ3) is 1.57. The highest BCUT2D eigenvalue weighted by molar-refractivity contribution is 4.93. The molecule has 11 heavy (non-hydrogen) atoms. The van der Waals surface area contributed by atoms with Crippen LogP contribution in [0.3, 0.4) is 0 Å². The summed E-state index contributed by atoms with van der Waals surface area (Å²) in [4.78, 5) is 2.57. The molecule has 2 heterocycles. The van der Waals surface area contributed by atoms with Crippen LogP contribution >= 0.6 is 0 Å². The highest BCUT2D eigenvalue weighted by atomic mass is 16.5. The van der Waals surface area contributed by atoms with Crippen molar-refractivity contribution in [3.8, 4) is 0 Å². The van der Waals surface area contributed by atoms with Gasteiger partial charge >= 0.3 is 0 Å². The molecule has 2 heteroatoms. The van der Waals surface area contributed by atoms with Crippen molar-refractivity contribution in [1.29, 1.82) is 0 Å². The first kappa shape index (κ1) is 7.56. The van der Waals surface area contributed by atoms with E-state index in [-0.39, 0.29) is 0 Å². The lowest BCUT2D eigenvalue weighted by Crippen LogP contribution is -2.51. The average molecular weight is 154 g/mol. The number of hydrogen-bond acceptors (Lipinski definition) is 2. The fourth-order valence-electron chi connectivity index (χ4n) is 1.70. The van der Waals surface area contributed by atoms with Crippen LogP contribution in [0.15, 0.2) is 0 Å². The fraction of sp³-hybridized carbons (Fsp3) is 0.889. The predicted molar refractivity (Wildman–Crippen MR) is 44.3 cm³/mol. The van der Waals surface area contributed by atoms with Crippen LogP contribution in [0.1, 0.15) is 19.8 Å². The molecule has 0 amide bonds. The molecule has 0 atom stereocenters. The minimum atomic E-state index is 0.753.